The first-order valence-electron chi connectivity index (χ1n) is 9.42. The first-order chi connectivity index (χ1) is 12.7. The van der Waals surface area contributed by atoms with Crippen LogP contribution in [0.3, 0.4) is 0 Å². The molecule has 1 aromatic rings. The number of hydrogen-bond donors (Lipinski definition) is 0. The van der Waals surface area contributed by atoms with Crippen LogP contribution in [0.5, 0.6) is 5.75 Å². The summed E-state index contributed by atoms with van der Waals surface area (Å²) in [5, 5.41) is 0. The predicted molar refractivity (Wildman–Crippen MR) is 98.0 cm³/mol. The number of carbonyl (C=O) groups is 2. The number of amides is 2. The molecule has 2 amide bonds. The van der Waals surface area contributed by atoms with E-state index in [1.54, 1.807) is 7.11 Å². The lowest BCUT2D eigenvalue weighted by Gasteiger charge is -2.27. The molecule has 0 aromatic heterocycles. The highest BCUT2D eigenvalue weighted by Gasteiger charge is 2.29. The number of hydrogen-bond acceptors (Lipinski definition) is 4. The fourth-order valence-electron chi connectivity index (χ4n) is 3.62. The minimum absolute atomic E-state index is 0.183. The van der Waals surface area contributed by atoms with Crippen molar-refractivity contribution >= 4 is 11.8 Å². The maximum atomic E-state index is 12.5. The van der Waals surface area contributed by atoms with Gasteiger partial charge in [-0.3, -0.25) is 9.59 Å². The number of benzene rings is 1. The molecule has 0 aliphatic carbocycles. The highest BCUT2D eigenvalue weighted by molar-refractivity contribution is 5.78. The Balaban J connectivity index is 1.41. The van der Waals surface area contributed by atoms with Crippen molar-refractivity contribution in [1.29, 1.82) is 0 Å². The van der Waals surface area contributed by atoms with Crippen molar-refractivity contribution in [3.8, 4) is 5.75 Å². The Morgan fingerprint density at radius 1 is 1.08 bits per heavy atom. The standard InChI is InChI=1S/C20H28N2O4/c1-25-18-5-2-16(3-6-18)4-7-19(23)22-9-8-17(15-22)14-20(24)21-10-12-26-13-11-21/h2-3,5-6,17H,4,7-15H2,1H3. The molecule has 6 nitrogen and oxygen atoms in total. The molecule has 2 saturated heterocycles. The lowest BCUT2D eigenvalue weighted by molar-refractivity contribution is -0.136. The van der Waals surface area contributed by atoms with Crippen molar-refractivity contribution in [1.82, 2.24) is 9.80 Å². The Kier molecular flexibility index (Phi) is 6.50. The van der Waals surface area contributed by atoms with Crippen LogP contribution in [0, 0.1) is 5.92 Å². The van der Waals surface area contributed by atoms with Crippen molar-refractivity contribution in [2.45, 2.75) is 25.7 Å². The minimum atomic E-state index is 0.183. The largest absolute Gasteiger partial charge is 0.497 e. The van der Waals surface area contributed by atoms with Crippen LogP contribution in [-0.2, 0) is 20.7 Å². The molecule has 1 aromatic carbocycles. The van der Waals surface area contributed by atoms with E-state index in [0.717, 1.165) is 30.7 Å². The van der Waals surface area contributed by atoms with Gasteiger partial charge in [0.1, 0.15) is 5.75 Å². The quantitative estimate of drug-likeness (QED) is 0.775. The Morgan fingerprint density at radius 3 is 2.50 bits per heavy atom. The maximum Gasteiger partial charge on any atom is 0.223 e. The molecule has 3 rings (SSSR count). The van der Waals surface area contributed by atoms with Gasteiger partial charge in [0.25, 0.3) is 0 Å². The number of ether oxygens (including phenoxy) is 2. The zero-order valence-corrected chi connectivity index (χ0v) is 15.5. The van der Waals surface area contributed by atoms with Gasteiger partial charge in [-0.2, -0.15) is 0 Å². The van der Waals surface area contributed by atoms with Gasteiger partial charge in [0.2, 0.25) is 11.8 Å². The number of rotatable bonds is 6. The first kappa shape index (κ1) is 18.7. The van der Waals surface area contributed by atoms with E-state index in [0.29, 0.717) is 45.7 Å². The Bertz CT molecular complexity index is 611. The highest BCUT2D eigenvalue weighted by atomic mass is 16.5. The van der Waals surface area contributed by atoms with Gasteiger partial charge in [-0.25, -0.2) is 0 Å². The van der Waals surface area contributed by atoms with Gasteiger partial charge in [0.15, 0.2) is 0 Å². The normalized spacial score (nSPS) is 20.3. The Labute approximate surface area is 155 Å². The number of carbonyl (C=O) groups excluding carboxylic acids is 2. The second-order valence-corrected chi connectivity index (χ2v) is 7.04. The fraction of sp³-hybridized carbons (Fsp3) is 0.600. The summed E-state index contributed by atoms with van der Waals surface area (Å²) >= 11 is 0. The third-order valence-electron chi connectivity index (χ3n) is 5.25. The highest BCUT2D eigenvalue weighted by Crippen LogP contribution is 2.22. The Hall–Kier alpha value is -2.08. The molecule has 0 saturated carbocycles. The van der Waals surface area contributed by atoms with Crippen LogP contribution in [-0.4, -0.2) is 68.1 Å². The van der Waals surface area contributed by atoms with Crippen LogP contribution in [0.25, 0.3) is 0 Å². The topological polar surface area (TPSA) is 59.1 Å². The number of aryl methyl sites for hydroxylation is 1. The maximum absolute atomic E-state index is 12.5. The van der Waals surface area contributed by atoms with E-state index in [-0.39, 0.29) is 17.7 Å². The van der Waals surface area contributed by atoms with E-state index in [2.05, 4.69) is 0 Å². The molecule has 2 aliphatic rings. The molecule has 0 N–H and O–H groups in total. The zero-order valence-electron chi connectivity index (χ0n) is 15.5. The van der Waals surface area contributed by atoms with Gasteiger partial charge in [0.05, 0.1) is 20.3 Å². The molecule has 142 valence electrons. The number of nitrogens with zero attached hydrogens (tertiary/aromatic N) is 2. The second-order valence-electron chi connectivity index (χ2n) is 7.04. The van der Waals surface area contributed by atoms with Gasteiger partial charge in [-0.1, -0.05) is 12.1 Å². The molecule has 26 heavy (non-hydrogen) atoms. The minimum Gasteiger partial charge on any atom is -0.497 e. The van der Waals surface area contributed by atoms with E-state index in [4.69, 9.17) is 9.47 Å². The average Bonchev–Trinajstić information content (AvgIpc) is 3.15. The van der Waals surface area contributed by atoms with E-state index in [1.165, 1.54) is 0 Å². The molecule has 2 heterocycles. The smallest absolute Gasteiger partial charge is 0.223 e. The second kappa shape index (κ2) is 9.03. The molecule has 2 fully saturated rings. The monoisotopic (exact) mass is 360 g/mol. The van der Waals surface area contributed by atoms with Crippen LogP contribution in [0.15, 0.2) is 24.3 Å². The molecule has 0 radical (unpaired) electrons. The van der Waals surface area contributed by atoms with Crippen molar-refractivity contribution < 1.29 is 19.1 Å². The van der Waals surface area contributed by atoms with Crippen molar-refractivity contribution in [3.05, 3.63) is 29.8 Å². The first-order valence-corrected chi connectivity index (χ1v) is 9.42. The fourth-order valence-corrected chi connectivity index (χ4v) is 3.62. The molecule has 1 unspecified atom stereocenters. The van der Waals surface area contributed by atoms with E-state index in [1.807, 2.05) is 34.1 Å². The molecule has 0 bridgehead atoms. The summed E-state index contributed by atoms with van der Waals surface area (Å²) in [7, 11) is 1.64. The van der Waals surface area contributed by atoms with E-state index in [9.17, 15) is 9.59 Å². The van der Waals surface area contributed by atoms with Crippen molar-refractivity contribution in [3.63, 3.8) is 0 Å². The van der Waals surface area contributed by atoms with Gasteiger partial charge < -0.3 is 19.3 Å². The van der Waals surface area contributed by atoms with Crippen molar-refractivity contribution in [2.75, 3.05) is 46.5 Å². The van der Waals surface area contributed by atoms with Crippen LogP contribution in [0.1, 0.15) is 24.8 Å². The summed E-state index contributed by atoms with van der Waals surface area (Å²) in [6, 6.07) is 7.84. The van der Waals surface area contributed by atoms with E-state index < -0.39 is 0 Å². The predicted octanol–water partition coefficient (Wildman–Crippen LogP) is 1.73. The van der Waals surface area contributed by atoms with Gasteiger partial charge >= 0.3 is 0 Å². The molecule has 2 aliphatic heterocycles. The van der Waals surface area contributed by atoms with Gasteiger partial charge in [-0.05, 0) is 36.5 Å². The third kappa shape index (κ3) is 4.97. The molecule has 1 atom stereocenters. The third-order valence-corrected chi connectivity index (χ3v) is 5.25. The lowest BCUT2D eigenvalue weighted by atomic mass is 10.0. The van der Waals surface area contributed by atoms with Gasteiger partial charge in [-0.15, -0.1) is 0 Å². The number of likely N-dealkylation sites (tertiary alicyclic amines) is 1. The number of methoxy groups -OCH3 is 1. The molecular weight excluding hydrogens is 332 g/mol. The van der Waals surface area contributed by atoms with Crippen molar-refractivity contribution in [2.24, 2.45) is 5.92 Å². The number of morpholine rings is 1. The van der Waals surface area contributed by atoms with Crippen LogP contribution >= 0.6 is 0 Å². The van der Waals surface area contributed by atoms with Crippen LogP contribution in [0.2, 0.25) is 0 Å². The summed E-state index contributed by atoms with van der Waals surface area (Å²) in [5.41, 5.74) is 1.14. The summed E-state index contributed by atoms with van der Waals surface area (Å²) in [4.78, 5) is 28.6. The summed E-state index contributed by atoms with van der Waals surface area (Å²) < 4.78 is 10.4. The van der Waals surface area contributed by atoms with E-state index >= 15 is 0 Å². The summed E-state index contributed by atoms with van der Waals surface area (Å²) in [6.07, 6.45) is 2.71. The summed E-state index contributed by atoms with van der Waals surface area (Å²) in [6.45, 7) is 4.12. The molecule has 6 heteroatoms. The average molecular weight is 360 g/mol. The zero-order chi connectivity index (χ0) is 18.4. The molecule has 0 spiro atoms. The summed E-state index contributed by atoms with van der Waals surface area (Å²) in [5.74, 6) is 1.50. The van der Waals surface area contributed by atoms with Crippen LogP contribution in [0.4, 0.5) is 0 Å². The Morgan fingerprint density at radius 2 is 1.81 bits per heavy atom. The van der Waals surface area contributed by atoms with Crippen LogP contribution < -0.4 is 4.74 Å². The SMILES string of the molecule is COc1ccc(CCC(=O)N2CCC(CC(=O)N3CCOCC3)C2)cc1. The van der Waals surface area contributed by atoms with Gasteiger partial charge in [0, 0.05) is 39.0 Å². The lowest BCUT2D eigenvalue weighted by Crippen LogP contribution is -2.41. The molecular formula is C20H28N2O4.